The summed E-state index contributed by atoms with van der Waals surface area (Å²) >= 11 is 5.69. The second kappa shape index (κ2) is 6.63. The predicted molar refractivity (Wildman–Crippen MR) is 56.3 cm³/mol. The Morgan fingerprint density at radius 2 is 2.46 bits per heavy atom. The van der Waals surface area contributed by atoms with Gasteiger partial charge in [0.1, 0.15) is 0 Å². The van der Waals surface area contributed by atoms with E-state index < -0.39 is 0 Å². The Bertz CT molecular complexity index is 126. The topological polar surface area (TPSA) is 21.3 Å². The molecule has 0 spiro atoms. The van der Waals surface area contributed by atoms with Crippen LogP contribution in [0.2, 0.25) is 0 Å². The molecule has 0 amide bonds. The van der Waals surface area contributed by atoms with Crippen LogP contribution >= 0.6 is 11.6 Å². The third-order valence-electron chi connectivity index (χ3n) is 2.42. The van der Waals surface area contributed by atoms with Crippen molar-refractivity contribution < 1.29 is 4.74 Å². The Kier molecular flexibility index (Phi) is 5.76. The molecule has 1 aliphatic heterocycles. The summed E-state index contributed by atoms with van der Waals surface area (Å²) in [6.07, 6.45) is 4.14. The van der Waals surface area contributed by atoms with Gasteiger partial charge in [-0.2, -0.15) is 0 Å². The van der Waals surface area contributed by atoms with Crippen molar-refractivity contribution in [2.24, 2.45) is 5.92 Å². The summed E-state index contributed by atoms with van der Waals surface area (Å²) in [5.41, 5.74) is 0. The van der Waals surface area contributed by atoms with Gasteiger partial charge in [-0.15, -0.1) is 11.6 Å². The zero-order valence-corrected chi connectivity index (χ0v) is 9.15. The summed E-state index contributed by atoms with van der Waals surface area (Å²) in [4.78, 5) is 0. The lowest BCUT2D eigenvalue weighted by Crippen LogP contribution is -2.25. The molecule has 13 heavy (non-hydrogen) atoms. The lowest BCUT2D eigenvalue weighted by molar-refractivity contribution is 0.104. The molecule has 0 saturated carbocycles. The van der Waals surface area contributed by atoms with Crippen LogP contribution in [0.25, 0.3) is 0 Å². The third-order valence-corrected chi connectivity index (χ3v) is 2.95. The average molecular weight is 206 g/mol. The lowest BCUT2D eigenvalue weighted by Gasteiger charge is -2.12. The van der Waals surface area contributed by atoms with Gasteiger partial charge in [0.2, 0.25) is 0 Å². The first-order chi connectivity index (χ1) is 6.33. The van der Waals surface area contributed by atoms with Gasteiger partial charge in [0.05, 0.1) is 6.10 Å². The minimum Gasteiger partial charge on any atom is -0.378 e. The maximum Gasteiger partial charge on any atom is 0.0588 e. The summed E-state index contributed by atoms with van der Waals surface area (Å²) < 4.78 is 5.52. The van der Waals surface area contributed by atoms with Crippen LogP contribution in [0, 0.1) is 5.92 Å². The van der Waals surface area contributed by atoms with Crippen LogP contribution in [0.1, 0.15) is 26.2 Å². The first kappa shape index (κ1) is 11.3. The highest BCUT2D eigenvalue weighted by Crippen LogP contribution is 2.14. The second-order valence-corrected chi connectivity index (χ2v) is 4.20. The molecule has 0 aliphatic carbocycles. The fraction of sp³-hybridized carbons (Fsp3) is 1.00. The summed E-state index contributed by atoms with van der Waals surface area (Å²) in [5.74, 6) is 1.32. The number of hydrogen-bond donors (Lipinski definition) is 1. The Hall–Kier alpha value is 0.210. The molecule has 1 N–H and O–H groups in total. The van der Waals surface area contributed by atoms with Crippen molar-refractivity contribution in [3.8, 4) is 0 Å². The molecule has 1 heterocycles. The molecule has 2 atom stereocenters. The molecule has 0 aromatic heterocycles. The highest BCUT2D eigenvalue weighted by molar-refractivity contribution is 6.18. The fourth-order valence-electron chi connectivity index (χ4n) is 1.54. The third kappa shape index (κ3) is 4.84. The lowest BCUT2D eigenvalue weighted by atomic mass is 10.2. The molecule has 0 bridgehead atoms. The van der Waals surface area contributed by atoms with Crippen molar-refractivity contribution >= 4 is 11.6 Å². The van der Waals surface area contributed by atoms with E-state index in [4.69, 9.17) is 16.3 Å². The first-order valence-electron chi connectivity index (χ1n) is 5.21. The fourth-order valence-corrected chi connectivity index (χ4v) is 1.65. The Balaban J connectivity index is 1.88. The van der Waals surface area contributed by atoms with E-state index in [1.807, 2.05) is 0 Å². The van der Waals surface area contributed by atoms with E-state index in [1.165, 1.54) is 12.8 Å². The van der Waals surface area contributed by atoms with Gasteiger partial charge in [-0.1, -0.05) is 6.92 Å². The zero-order valence-electron chi connectivity index (χ0n) is 8.39. The van der Waals surface area contributed by atoms with Crippen molar-refractivity contribution in [1.29, 1.82) is 0 Å². The van der Waals surface area contributed by atoms with Gasteiger partial charge < -0.3 is 10.1 Å². The minimum absolute atomic E-state index is 0.513. The van der Waals surface area contributed by atoms with Crippen LogP contribution in [-0.2, 0) is 4.74 Å². The quantitative estimate of drug-likeness (QED) is 0.529. The molecule has 3 heteroatoms. The normalized spacial score (nSPS) is 24.9. The van der Waals surface area contributed by atoms with E-state index in [2.05, 4.69) is 12.2 Å². The van der Waals surface area contributed by atoms with Crippen molar-refractivity contribution in [2.75, 3.05) is 25.6 Å². The maximum absolute atomic E-state index is 5.69. The van der Waals surface area contributed by atoms with E-state index in [0.29, 0.717) is 12.0 Å². The molecular weight excluding hydrogens is 186 g/mol. The molecule has 0 aromatic rings. The standard InChI is InChI=1S/C10H20ClNO/c1-9(7-11)8-12-5-4-10-3-2-6-13-10/h9-10,12H,2-8H2,1H3. The molecule has 0 radical (unpaired) electrons. The van der Waals surface area contributed by atoms with Crippen molar-refractivity contribution in [2.45, 2.75) is 32.3 Å². The van der Waals surface area contributed by atoms with E-state index in [1.54, 1.807) is 0 Å². The van der Waals surface area contributed by atoms with Crippen molar-refractivity contribution in [1.82, 2.24) is 5.32 Å². The smallest absolute Gasteiger partial charge is 0.0588 e. The number of alkyl halides is 1. The van der Waals surface area contributed by atoms with E-state index in [-0.39, 0.29) is 0 Å². The summed E-state index contributed by atoms with van der Waals surface area (Å²) in [6.45, 7) is 5.21. The molecule has 1 aliphatic rings. The number of nitrogens with one attached hydrogen (secondary N) is 1. The highest BCUT2D eigenvalue weighted by atomic mass is 35.5. The van der Waals surface area contributed by atoms with Gasteiger partial charge in [0.15, 0.2) is 0 Å². The Morgan fingerprint density at radius 1 is 1.62 bits per heavy atom. The van der Waals surface area contributed by atoms with Gasteiger partial charge in [-0.3, -0.25) is 0 Å². The highest BCUT2D eigenvalue weighted by Gasteiger charge is 2.14. The molecular formula is C10H20ClNO. The van der Waals surface area contributed by atoms with Crippen LogP contribution in [0.3, 0.4) is 0 Å². The monoisotopic (exact) mass is 205 g/mol. The summed E-state index contributed by atoms with van der Waals surface area (Å²) in [7, 11) is 0. The molecule has 2 unspecified atom stereocenters. The van der Waals surface area contributed by atoms with Gasteiger partial charge in [0.25, 0.3) is 0 Å². The molecule has 1 fully saturated rings. The van der Waals surface area contributed by atoms with Crippen LogP contribution in [0.5, 0.6) is 0 Å². The van der Waals surface area contributed by atoms with E-state index in [9.17, 15) is 0 Å². The van der Waals surface area contributed by atoms with Crippen molar-refractivity contribution in [3.63, 3.8) is 0 Å². The molecule has 0 aromatic carbocycles. The van der Waals surface area contributed by atoms with Crippen LogP contribution in [0.15, 0.2) is 0 Å². The Labute approximate surface area is 86.0 Å². The average Bonchev–Trinajstić information content (AvgIpc) is 2.64. The van der Waals surface area contributed by atoms with Crippen LogP contribution < -0.4 is 5.32 Å². The number of halogens is 1. The van der Waals surface area contributed by atoms with Gasteiger partial charge >= 0.3 is 0 Å². The Morgan fingerprint density at radius 3 is 3.08 bits per heavy atom. The van der Waals surface area contributed by atoms with E-state index in [0.717, 1.165) is 32.0 Å². The van der Waals surface area contributed by atoms with Crippen LogP contribution in [0.4, 0.5) is 0 Å². The molecule has 1 saturated heterocycles. The van der Waals surface area contributed by atoms with Crippen LogP contribution in [-0.4, -0.2) is 31.7 Å². The first-order valence-corrected chi connectivity index (χ1v) is 5.74. The molecule has 2 nitrogen and oxygen atoms in total. The van der Waals surface area contributed by atoms with Gasteiger partial charge in [-0.25, -0.2) is 0 Å². The van der Waals surface area contributed by atoms with E-state index >= 15 is 0 Å². The predicted octanol–water partition coefficient (Wildman–Crippen LogP) is 2.02. The number of rotatable bonds is 6. The molecule has 78 valence electrons. The summed E-state index contributed by atoms with van der Waals surface area (Å²) in [6, 6.07) is 0. The summed E-state index contributed by atoms with van der Waals surface area (Å²) in [5, 5.41) is 3.40. The SMILES string of the molecule is CC(CCl)CNCCC1CCCO1. The zero-order chi connectivity index (χ0) is 9.52. The number of hydrogen-bond acceptors (Lipinski definition) is 2. The van der Waals surface area contributed by atoms with Crippen molar-refractivity contribution in [3.05, 3.63) is 0 Å². The molecule has 1 rings (SSSR count). The van der Waals surface area contributed by atoms with Gasteiger partial charge in [-0.05, 0) is 38.3 Å². The number of ether oxygens (including phenoxy) is 1. The van der Waals surface area contributed by atoms with Gasteiger partial charge in [0, 0.05) is 12.5 Å². The maximum atomic E-state index is 5.69. The largest absolute Gasteiger partial charge is 0.378 e. The second-order valence-electron chi connectivity index (χ2n) is 3.89. The minimum atomic E-state index is 0.513.